The summed E-state index contributed by atoms with van der Waals surface area (Å²) < 4.78 is 5.33. The summed E-state index contributed by atoms with van der Waals surface area (Å²) in [6.07, 6.45) is 1.60. The Hall–Kier alpha value is -2.55. The van der Waals surface area contributed by atoms with Crippen LogP contribution in [0.2, 0.25) is 0 Å². The lowest BCUT2D eigenvalue weighted by molar-refractivity contribution is 0.0953. The van der Waals surface area contributed by atoms with Crippen LogP contribution in [-0.4, -0.2) is 12.5 Å². The molecule has 1 aromatic heterocycles. The van der Waals surface area contributed by atoms with Gasteiger partial charge in [0.25, 0.3) is 5.91 Å². The summed E-state index contributed by atoms with van der Waals surface area (Å²) in [5.74, 6) is 0.126. The van der Waals surface area contributed by atoms with Crippen LogP contribution in [0.1, 0.15) is 34.3 Å². The Balaban J connectivity index is 1.73. The van der Waals surface area contributed by atoms with Crippen LogP contribution in [0.15, 0.2) is 59.2 Å². The lowest BCUT2D eigenvalue weighted by Crippen LogP contribution is -2.27. The first-order valence-corrected chi connectivity index (χ1v) is 7.32. The van der Waals surface area contributed by atoms with Gasteiger partial charge in [-0.25, -0.2) is 0 Å². The van der Waals surface area contributed by atoms with E-state index in [0.29, 0.717) is 12.1 Å². The molecule has 3 aromatic rings. The molecule has 22 heavy (non-hydrogen) atoms. The molecule has 3 nitrogen and oxygen atoms in total. The number of nitrogens with one attached hydrogen (secondary N) is 1. The van der Waals surface area contributed by atoms with Gasteiger partial charge in [0.1, 0.15) is 5.58 Å². The number of benzene rings is 2. The average molecular weight is 292 g/mol. The lowest BCUT2D eigenvalue weighted by Gasteiger charge is -2.15. The molecule has 1 atom stereocenters. The third-order valence-electron chi connectivity index (χ3n) is 3.90. The molecule has 0 bridgehead atoms. The molecule has 1 N–H and O–H groups in total. The quantitative estimate of drug-likeness (QED) is 0.785. The van der Waals surface area contributed by atoms with Crippen molar-refractivity contribution in [3.05, 3.63) is 78.4 Å². The molecular weight excluding hydrogens is 274 g/mol. The molecular formula is C19H18NO2. The highest BCUT2D eigenvalue weighted by Gasteiger charge is 2.13. The normalized spacial score (nSPS) is 12.3. The van der Waals surface area contributed by atoms with E-state index >= 15 is 0 Å². The number of hydrogen-bond donors (Lipinski definition) is 1. The van der Waals surface area contributed by atoms with Gasteiger partial charge in [-0.1, -0.05) is 37.3 Å². The highest BCUT2D eigenvalue weighted by molar-refractivity contribution is 6.05. The van der Waals surface area contributed by atoms with E-state index in [4.69, 9.17) is 4.42 Å². The largest absolute Gasteiger partial charge is 0.464 e. The zero-order chi connectivity index (χ0) is 15.5. The first kappa shape index (κ1) is 14.4. The van der Waals surface area contributed by atoms with Crippen molar-refractivity contribution in [1.82, 2.24) is 5.32 Å². The maximum Gasteiger partial charge on any atom is 0.252 e. The summed E-state index contributed by atoms with van der Waals surface area (Å²) in [6.45, 7) is 6.69. The fourth-order valence-corrected chi connectivity index (χ4v) is 2.66. The maximum absolute atomic E-state index is 12.4. The van der Waals surface area contributed by atoms with Gasteiger partial charge in [0, 0.05) is 11.9 Å². The molecule has 0 fully saturated rings. The topological polar surface area (TPSA) is 42.2 Å². The Kier molecular flexibility index (Phi) is 3.96. The highest BCUT2D eigenvalue weighted by Crippen LogP contribution is 2.21. The molecule has 1 unspecified atom stereocenters. The van der Waals surface area contributed by atoms with E-state index < -0.39 is 0 Å². The van der Waals surface area contributed by atoms with E-state index in [-0.39, 0.29) is 11.8 Å². The number of carbonyl (C=O) groups excluding carboxylic acids is 1. The summed E-state index contributed by atoms with van der Waals surface area (Å²) >= 11 is 0. The second kappa shape index (κ2) is 6.06. The molecule has 1 amide bonds. The van der Waals surface area contributed by atoms with Crippen molar-refractivity contribution in [3.63, 3.8) is 0 Å². The predicted molar refractivity (Wildman–Crippen MR) is 87.9 cm³/mol. The number of fused-ring (bicyclic) bond motifs is 1. The molecule has 0 aliphatic rings. The molecule has 0 aliphatic heterocycles. The van der Waals surface area contributed by atoms with E-state index in [1.165, 1.54) is 0 Å². The monoisotopic (exact) mass is 292 g/mol. The van der Waals surface area contributed by atoms with Crippen LogP contribution in [0.4, 0.5) is 0 Å². The van der Waals surface area contributed by atoms with Crippen LogP contribution in [-0.2, 0) is 0 Å². The Labute approximate surface area is 130 Å². The zero-order valence-electron chi connectivity index (χ0n) is 12.5. The molecule has 0 spiro atoms. The summed E-state index contributed by atoms with van der Waals surface area (Å²) in [6, 6.07) is 15.3. The van der Waals surface area contributed by atoms with E-state index in [1.807, 2.05) is 42.5 Å². The van der Waals surface area contributed by atoms with Crippen LogP contribution in [0.5, 0.6) is 0 Å². The smallest absolute Gasteiger partial charge is 0.252 e. The number of furan rings is 1. The van der Waals surface area contributed by atoms with E-state index in [0.717, 1.165) is 22.1 Å². The van der Waals surface area contributed by atoms with Crippen LogP contribution >= 0.6 is 0 Å². The first-order chi connectivity index (χ1) is 10.7. The van der Waals surface area contributed by atoms with Gasteiger partial charge in [-0.2, -0.15) is 0 Å². The third-order valence-corrected chi connectivity index (χ3v) is 3.90. The highest BCUT2D eigenvalue weighted by atomic mass is 16.3. The fraction of sp³-hybridized carbons (Fsp3) is 0.158. The maximum atomic E-state index is 12.4. The fourth-order valence-electron chi connectivity index (χ4n) is 2.66. The van der Waals surface area contributed by atoms with E-state index in [9.17, 15) is 4.79 Å². The molecule has 111 valence electrons. The average Bonchev–Trinajstić information content (AvgIpc) is 3.01. The molecule has 2 aromatic carbocycles. The minimum Gasteiger partial charge on any atom is -0.464 e. The van der Waals surface area contributed by atoms with Gasteiger partial charge in [-0.15, -0.1) is 0 Å². The van der Waals surface area contributed by atoms with Crippen LogP contribution < -0.4 is 5.32 Å². The van der Waals surface area contributed by atoms with E-state index in [2.05, 4.69) is 25.2 Å². The minimum absolute atomic E-state index is 0.0830. The van der Waals surface area contributed by atoms with Crippen LogP contribution in [0.3, 0.4) is 0 Å². The van der Waals surface area contributed by atoms with Gasteiger partial charge in [-0.05, 0) is 42.2 Å². The summed E-state index contributed by atoms with van der Waals surface area (Å²) in [4.78, 5) is 12.4. The van der Waals surface area contributed by atoms with Crippen molar-refractivity contribution in [2.45, 2.75) is 12.8 Å². The lowest BCUT2D eigenvalue weighted by atomic mass is 9.96. The predicted octanol–water partition coefficient (Wildman–Crippen LogP) is 4.15. The molecule has 3 rings (SSSR count). The number of hydrogen-bond acceptors (Lipinski definition) is 2. The van der Waals surface area contributed by atoms with Gasteiger partial charge in [0.05, 0.1) is 11.8 Å². The second-order valence-electron chi connectivity index (χ2n) is 5.45. The number of carbonyl (C=O) groups is 1. The van der Waals surface area contributed by atoms with Crippen molar-refractivity contribution in [1.29, 1.82) is 0 Å². The number of amides is 1. The molecule has 3 heteroatoms. The first-order valence-electron chi connectivity index (χ1n) is 7.32. The van der Waals surface area contributed by atoms with Crippen molar-refractivity contribution < 1.29 is 9.21 Å². The van der Waals surface area contributed by atoms with Crippen molar-refractivity contribution in [2.75, 3.05) is 6.54 Å². The zero-order valence-corrected chi connectivity index (χ0v) is 12.5. The van der Waals surface area contributed by atoms with Gasteiger partial charge in [0.2, 0.25) is 0 Å². The van der Waals surface area contributed by atoms with Crippen molar-refractivity contribution >= 4 is 16.9 Å². The molecule has 0 aliphatic carbocycles. The summed E-state index contributed by atoms with van der Waals surface area (Å²) in [7, 11) is 0. The molecule has 0 saturated carbocycles. The Morgan fingerprint density at radius 2 is 2.00 bits per heavy atom. The van der Waals surface area contributed by atoms with Crippen molar-refractivity contribution in [3.8, 4) is 0 Å². The van der Waals surface area contributed by atoms with Gasteiger partial charge in [0.15, 0.2) is 0 Å². The summed E-state index contributed by atoms with van der Waals surface area (Å²) in [5.41, 5.74) is 3.52. The third kappa shape index (κ3) is 2.75. The molecule has 1 radical (unpaired) electrons. The standard InChI is InChI=1S/C19H18NO2/c1-13-6-3-4-7-15(13)14(2)12-20-19(21)17-8-5-9-18-16(17)10-11-22-18/h3-11,14H,1,12H2,2H3,(H,20,21). The minimum atomic E-state index is -0.0830. The molecule has 1 heterocycles. The van der Waals surface area contributed by atoms with Gasteiger partial charge in [-0.3, -0.25) is 4.79 Å². The van der Waals surface area contributed by atoms with Gasteiger partial charge < -0.3 is 9.73 Å². The Bertz CT molecular complexity index is 804. The Morgan fingerprint density at radius 1 is 1.18 bits per heavy atom. The van der Waals surface area contributed by atoms with E-state index in [1.54, 1.807) is 6.26 Å². The van der Waals surface area contributed by atoms with Gasteiger partial charge >= 0.3 is 0 Å². The summed E-state index contributed by atoms with van der Waals surface area (Å²) in [5, 5.41) is 3.84. The van der Waals surface area contributed by atoms with Crippen LogP contribution in [0.25, 0.3) is 11.0 Å². The second-order valence-corrected chi connectivity index (χ2v) is 5.45. The van der Waals surface area contributed by atoms with Crippen LogP contribution in [0, 0.1) is 6.92 Å². The van der Waals surface area contributed by atoms with Crippen molar-refractivity contribution in [2.24, 2.45) is 0 Å². The molecule has 0 saturated heterocycles. The number of rotatable bonds is 4. The Morgan fingerprint density at radius 3 is 2.82 bits per heavy atom. The SMILES string of the molecule is [CH2]c1ccccc1C(C)CNC(=O)c1cccc2occc12.